The summed E-state index contributed by atoms with van der Waals surface area (Å²) in [5.74, 6) is -3.00. The molecule has 2 aromatic carbocycles. The van der Waals surface area contributed by atoms with Crippen LogP contribution in [0.3, 0.4) is 0 Å². The maximum atomic E-state index is 13.6. The lowest BCUT2D eigenvalue weighted by Gasteiger charge is -2.29. The maximum Gasteiger partial charge on any atom is 0.391 e. The number of carbonyl (C=O) groups is 4. The molecule has 2 heterocycles. The van der Waals surface area contributed by atoms with Crippen LogP contribution in [0, 0.1) is 5.82 Å². The largest absolute Gasteiger partial charge is 0.391 e. The average Bonchev–Trinajstić information content (AvgIpc) is 3.08. The van der Waals surface area contributed by atoms with E-state index >= 15 is 0 Å². The maximum absolute atomic E-state index is 13.6. The molecule has 2 atom stereocenters. The molecule has 1 saturated heterocycles. The summed E-state index contributed by atoms with van der Waals surface area (Å²) >= 11 is 0. The lowest BCUT2D eigenvalue weighted by molar-refractivity contribution is -0.140. The van der Waals surface area contributed by atoms with Gasteiger partial charge in [-0.15, -0.1) is 0 Å². The first-order chi connectivity index (χ1) is 16.0. The first-order valence-electron chi connectivity index (χ1n) is 10.4. The van der Waals surface area contributed by atoms with E-state index in [0.717, 1.165) is 12.1 Å². The molecular weight excluding hydrogens is 458 g/mol. The fraction of sp³-hybridized carbons (Fsp3) is 0.304. The number of halogens is 4. The van der Waals surface area contributed by atoms with Crippen molar-refractivity contribution in [3.63, 3.8) is 0 Å². The van der Waals surface area contributed by atoms with Crippen molar-refractivity contribution in [2.45, 2.75) is 44.1 Å². The number of imide groups is 1. The van der Waals surface area contributed by atoms with E-state index in [4.69, 9.17) is 0 Å². The van der Waals surface area contributed by atoms with Gasteiger partial charge in [0, 0.05) is 24.1 Å². The molecule has 2 aromatic rings. The molecular formula is C23H19F4N3O4. The Balaban J connectivity index is 1.53. The minimum Gasteiger partial charge on any atom is -0.345 e. The van der Waals surface area contributed by atoms with Crippen LogP contribution in [-0.2, 0) is 16.1 Å². The number of benzene rings is 2. The minimum atomic E-state index is -4.61. The molecule has 1 unspecified atom stereocenters. The summed E-state index contributed by atoms with van der Waals surface area (Å²) in [4.78, 5) is 50.4. The molecule has 11 heteroatoms. The van der Waals surface area contributed by atoms with Crippen molar-refractivity contribution in [1.29, 1.82) is 0 Å². The molecule has 34 heavy (non-hydrogen) atoms. The average molecular weight is 477 g/mol. The zero-order valence-electron chi connectivity index (χ0n) is 17.6. The molecule has 0 saturated carbocycles. The van der Waals surface area contributed by atoms with Gasteiger partial charge in [0.15, 0.2) is 0 Å². The molecule has 7 nitrogen and oxygen atoms in total. The molecule has 178 valence electrons. The van der Waals surface area contributed by atoms with Gasteiger partial charge < -0.3 is 10.2 Å². The summed E-state index contributed by atoms with van der Waals surface area (Å²) in [7, 11) is 0. The quantitative estimate of drug-likeness (QED) is 0.511. The van der Waals surface area contributed by atoms with Crippen molar-refractivity contribution in [2.24, 2.45) is 0 Å². The number of rotatable bonds is 5. The Labute approximate surface area is 191 Å². The van der Waals surface area contributed by atoms with Crippen LogP contribution in [0.15, 0.2) is 42.5 Å². The lowest BCUT2D eigenvalue weighted by Crippen LogP contribution is -2.52. The molecule has 0 spiro atoms. The van der Waals surface area contributed by atoms with E-state index in [1.54, 1.807) is 0 Å². The molecule has 1 fully saturated rings. The van der Waals surface area contributed by atoms with Crippen molar-refractivity contribution in [3.05, 3.63) is 70.5 Å². The van der Waals surface area contributed by atoms with Crippen molar-refractivity contribution < 1.29 is 36.7 Å². The van der Waals surface area contributed by atoms with E-state index in [1.165, 1.54) is 35.2 Å². The minimum absolute atomic E-state index is 0.0113. The third-order valence-electron chi connectivity index (χ3n) is 5.78. The Morgan fingerprint density at radius 2 is 1.91 bits per heavy atom. The Bertz CT molecular complexity index is 1180. The van der Waals surface area contributed by atoms with E-state index in [2.05, 4.69) is 10.6 Å². The molecule has 2 N–H and O–H groups in total. The molecule has 4 rings (SSSR count). The van der Waals surface area contributed by atoms with E-state index in [1.807, 2.05) is 0 Å². The van der Waals surface area contributed by atoms with E-state index in [9.17, 15) is 36.7 Å². The number of nitrogens with one attached hydrogen (secondary N) is 2. The molecule has 2 aliphatic heterocycles. The summed E-state index contributed by atoms with van der Waals surface area (Å²) in [6, 6.07) is 6.26. The fourth-order valence-corrected chi connectivity index (χ4v) is 4.16. The third-order valence-corrected chi connectivity index (χ3v) is 5.78. The second kappa shape index (κ2) is 8.88. The fourth-order valence-electron chi connectivity index (χ4n) is 4.16. The number of nitrogens with zero attached hydrogens (tertiary/aromatic N) is 1. The number of alkyl halides is 3. The topological polar surface area (TPSA) is 95.6 Å². The van der Waals surface area contributed by atoms with Gasteiger partial charge in [-0.1, -0.05) is 12.1 Å². The number of hydrogen-bond donors (Lipinski definition) is 2. The molecule has 0 aliphatic carbocycles. The highest BCUT2D eigenvalue weighted by Gasteiger charge is 2.39. The standard InChI is InChI=1S/C23H19F4N3O4/c24-15-3-1-2-12(9-15)17(10-23(25,26)27)28-20(32)13-4-5-16-14(8-13)11-30(22(16)34)18-6-7-19(31)29-21(18)33/h1-5,8-9,17-18H,6-7,10-11H2,(H,28,32)(H,29,31,33)/t17-,18?/m1/s1. The SMILES string of the molecule is O=C1CCC(N2Cc3cc(C(=O)N[C@H](CC(F)(F)F)c4cccc(F)c4)ccc3C2=O)C(=O)N1. The van der Waals surface area contributed by atoms with E-state index < -0.39 is 54.1 Å². The molecule has 0 bridgehead atoms. The van der Waals surface area contributed by atoms with Crippen molar-refractivity contribution in [2.75, 3.05) is 0 Å². The van der Waals surface area contributed by atoms with Crippen molar-refractivity contribution in [3.8, 4) is 0 Å². The summed E-state index contributed by atoms with van der Waals surface area (Å²) in [5, 5.41) is 4.48. The van der Waals surface area contributed by atoms with Gasteiger partial charge in [0.05, 0.1) is 12.5 Å². The molecule has 0 aromatic heterocycles. The van der Waals surface area contributed by atoms with Crippen LogP contribution in [0.25, 0.3) is 0 Å². The predicted molar refractivity (Wildman–Crippen MR) is 110 cm³/mol. The smallest absolute Gasteiger partial charge is 0.345 e. The third kappa shape index (κ3) is 4.92. The molecule has 0 radical (unpaired) electrons. The van der Waals surface area contributed by atoms with Crippen LogP contribution in [0.2, 0.25) is 0 Å². The number of piperidine rings is 1. The van der Waals surface area contributed by atoms with Gasteiger partial charge >= 0.3 is 6.18 Å². The summed E-state index contributed by atoms with van der Waals surface area (Å²) in [5.41, 5.74) is 0.671. The Morgan fingerprint density at radius 1 is 1.15 bits per heavy atom. The highest BCUT2D eigenvalue weighted by atomic mass is 19.4. The van der Waals surface area contributed by atoms with E-state index in [0.29, 0.717) is 5.56 Å². The lowest BCUT2D eigenvalue weighted by atomic mass is 10.0. The first-order valence-corrected chi connectivity index (χ1v) is 10.4. The Hall–Kier alpha value is -3.76. The van der Waals surface area contributed by atoms with Crippen LogP contribution in [0.4, 0.5) is 17.6 Å². The van der Waals surface area contributed by atoms with Gasteiger partial charge in [0.25, 0.3) is 11.8 Å². The van der Waals surface area contributed by atoms with Gasteiger partial charge in [-0.05, 0) is 47.9 Å². The van der Waals surface area contributed by atoms with Crippen molar-refractivity contribution >= 4 is 23.6 Å². The number of hydrogen-bond acceptors (Lipinski definition) is 4. The van der Waals surface area contributed by atoms with Crippen molar-refractivity contribution in [1.82, 2.24) is 15.5 Å². The van der Waals surface area contributed by atoms with Crippen LogP contribution in [0.1, 0.15) is 57.1 Å². The second-order valence-electron chi connectivity index (χ2n) is 8.17. The molecule has 2 aliphatic rings. The van der Waals surface area contributed by atoms with Gasteiger partial charge in [-0.3, -0.25) is 24.5 Å². The van der Waals surface area contributed by atoms with Gasteiger partial charge in [0.2, 0.25) is 11.8 Å². The number of fused-ring (bicyclic) bond motifs is 1. The van der Waals surface area contributed by atoms with Gasteiger partial charge in [0.1, 0.15) is 11.9 Å². The van der Waals surface area contributed by atoms with Crippen LogP contribution in [0.5, 0.6) is 0 Å². The number of carbonyl (C=O) groups excluding carboxylic acids is 4. The molecule has 4 amide bonds. The highest BCUT2D eigenvalue weighted by Crippen LogP contribution is 2.31. The Morgan fingerprint density at radius 3 is 2.59 bits per heavy atom. The van der Waals surface area contributed by atoms with E-state index in [-0.39, 0.29) is 36.1 Å². The monoisotopic (exact) mass is 477 g/mol. The van der Waals surface area contributed by atoms with Crippen LogP contribution < -0.4 is 10.6 Å². The van der Waals surface area contributed by atoms with Crippen LogP contribution >= 0.6 is 0 Å². The Kier molecular flexibility index (Phi) is 6.11. The summed E-state index contributed by atoms with van der Waals surface area (Å²) in [6.45, 7) is 0.0113. The predicted octanol–water partition coefficient (Wildman–Crippen LogP) is 3.01. The number of amides is 4. The zero-order chi connectivity index (χ0) is 24.6. The second-order valence-corrected chi connectivity index (χ2v) is 8.17. The summed E-state index contributed by atoms with van der Waals surface area (Å²) < 4.78 is 52.9. The zero-order valence-corrected chi connectivity index (χ0v) is 17.6. The van der Waals surface area contributed by atoms with Crippen LogP contribution in [-0.4, -0.2) is 40.7 Å². The highest BCUT2D eigenvalue weighted by molar-refractivity contribution is 6.06. The summed E-state index contributed by atoms with van der Waals surface area (Å²) in [6.07, 6.45) is -5.75. The normalized spacial score (nSPS) is 19.0. The van der Waals surface area contributed by atoms with Gasteiger partial charge in [-0.2, -0.15) is 13.2 Å². The first kappa shape index (κ1) is 23.4. The van der Waals surface area contributed by atoms with Gasteiger partial charge in [-0.25, -0.2) is 4.39 Å².